The van der Waals surface area contributed by atoms with Gasteiger partial charge in [-0.2, -0.15) is 9.61 Å². The van der Waals surface area contributed by atoms with E-state index in [1.807, 2.05) is 16.6 Å². The minimum Gasteiger partial charge on any atom is -0.316 e. The number of nitrogens with zero attached hydrogens (tertiary/aromatic N) is 4. The molecule has 0 bridgehead atoms. The molecule has 0 saturated carbocycles. The van der Waals surface area contributed by atoms with Crippen LogP contribution in [-0.4, -0.2) is 32.9 Å². The number of aryl methyl sites for hydroxylation is 1. The van der Waals surface area contributed by atoms with Crippen molar-refractivity contribution in [3.8, 4) is 11.3 Å². The number of nitrogens with one attached hydrogen (secondary N) is 1. The van der Waals surface area contributed by atoms with Gasteiger partial charge in [-0.3, -0.25) is 0 Å². The van der Waals surface area contributed by atoms with Crippen molar-refractivity contribution in [2.45, 2.75) is 25.7 Å². The molecule has 0 amide bonds. The first-order valence-corrected chi connectivity index (χ1v) is 7.81. The van der Waals surface area contributed by atoms with E-state index in [9.17, 15) is 0 Å². The normalized spacial score (nSPS) is 18.7. The van der Waals surface area contributed by atoms with Crippen LogP contribution >= 0.6 is 0 Å². The summed E-state index contributed by atoms with van der Waals surface area (Å²) in [6.45, 7) is 4.14. The molecule has 0 aliphatic carbocycles. The highest BCUT2D eigenvalue weighted by molar-refractivity contribution is 5.60. The second-order valence-electron chi connectivity index (χ2n) is 5.96. The predicted molar refractivity (Wildman–Crippen MR) is 85.8 cm³/mol. The van der Waals surface area contributed by atoms with Crippen LogP contribution in [0.5, 0.6) is 0 Å². The Bertz CT molecular complexity index is 784. The summed E-state index contributed by atoms with van der Waals surface area (Å²) in [6.07, 6.45) is 2.32. The molecule has 112 valence electrons. The third kappa shape index (κ3) is 2.37. The van der Waals surface area contributed by atoms with Gasteiger partial charge in [0.15, 0.2) is 11.5 Å². The average molecular weight is 293 g/mol. The molecule has 1 aliphatic rings. The smallest absolute Gasteiger partial charge is 0.177 e. The molecule has 0 spiro atoms. The van der Waals surface area contributed by atoms with Crippen molar-refractivity contribution >= 4 is 5.65 Å². The summed E-state index contributed by atoms with van der Waals surface area (Å²) in [5, 5.41) is 16.8. The molecule has 1 fully saturated rings. The molecule has 22 heavy (non-hydrogen) atoms. The lowest BCUT2D eigenvalue weighted by atomic mass is 9.99. The number of fused-ring (bicyclic) bond motifs is 1. The maximum absolute atomic E-state index is 4.77. The molecule has 4 rings (SSSR count). The van der Waals surface area contributed by atoms with Gasteiger partial charge in [0.25, 0.3) is 0 Å². The summed E-state index contributed by atoms with van der Waals surface area (Å²) < 4.78 is 1.91. The molecule has 5 heteroatoms. The van der Waals surface area contributed by atoms with Crippen LogP contribution in [0.25, 0.3) is 16.9 Å². The Morgan fingerprint density at radius 3 is 2.73 bits per heavy atom. The molecule has 1 N–H and O–H groups in total. The van der Waals surface area contributed by atoms with Gasteiger partial charge in [-0.25, -0.2) is 0 Å². The maximum Gasteiger partial charge on any atom is 0.177 e. The monoisotopic (exact) mass is 293 g/mol. The van der Waals surface area contributed by atoms with Crippen LogP contribution in [0, 0.1) is 6.92 Å². The van der Waals surface area contributed by atoms with Crippen LogP contribution in [0.15, 0.2) is 36.4 Å². The topological polar surface area (TPSA) is 55.1 Å². The van der Waals surface area contributed by atoms with Crippen LogP contribution in [0.4, 0.5) is 0 Å². The Morgan fingerprint density at radius 1 is 1.09 bits per heavy atom. The van der Waals surface area contributed by atoms with Gasteiger partial charge in [-0.05, 0) is 38.4 Å². The fourth-order valence-corrected chi connectivity index (χ4v) is 3.01. The van der Waals surface area contributed by atoms with E-state index in [-0.39, 0.29) is 0 Å². The van der Waals surface area contributed by atoms with E-state index in [2.05, 4.69) is 46.7 Å². The molecule has 1 saturated heterocycles. The third-order valence-corrected chi connectivity index (χ3v) is 4.30. The second kappa shape index (κ2) is 5.50. The van der Waals surface area contributed by atoms with Gasteiger partial charge >= 0.3 is 0 Å². The van der Waals surface area contributed by atoms with Gasteiger partial charge in [0.1, 0.15) is 0 Å². The van der Waals surface area contributed by atoms with Crippen LogP contribution in [0.1, 0.15) is 30.1 Å². The van der Waals surface area contributed by atoms with E-state index in [4.69, 9.17) is 5.10 Å². The first-order valence-electron chi connectivity index (χ1n) is 7.81. The minimum atomic E-state index is 0.393. The van der Waals surface area contributed by atoms with Gasteiger partial charge in [0.05, 0.1) is 5.69 Å². The lowest BCUT2D eigenvalue weighted by Crippen LogP contribution is -2.29. The van der Waals surface area contributed by atoms with Crippen LogP contribution in [0.3, 0.4) is 0 Å². The molecule has 1 aromatic carbocycles. The Hall–Kier alpha value is -2.27. The van der Waals surface area contributed by atoms with Gasteiger partial charge in [-0.1, -0.05) is 29.8 Å². The van der Waals surface area contributed by atoms with E-state index >= 15 is 0 Å². The highest BCUT2D eigenvalue weighted by atomic mass is 15.4. The highest BCUT2D eigenvalue weighted by Gasteiger charge is 2.21. The van der Waals surface area contributed by atoms with E-state index in [1.54, 1.807) is 0 Å². The highest BCUT2D eigenvalue weighted by Crippen LogP contribution is 2.23. The fraction of sp³-hybridized carbons (Fsp3) is 0.353. The molecule has 5 nitrogen and oxygen atoms in total. The lowest BCUT2D eigenvalue weighted by molar-refractivity contribution is 0.440. The Morgan fingerprint density at radius 2 is 1.95 bits per heavy atom. The van der Waals surface area contributed by atoms with Crippen LogP contribution in [-0.2, 0) is 0 Å². The van der Waals surface area contributed by atoms with Crippen molar-refractivity contribution < 1.29 is 0 Å². The number of hydrogen-bond donors (Lipinski definition) is 1. The molecule has 1 unspecified atom stereocenters. The quantitative estimate of drug-likeness (QED) is 0.789. The summed E-state index contributed by atoms with van der Waals surface area (Å²) >= 11 is 0. The van der Waals surface area contributed by atoms with Crippen molar-refractivity contribution in [1.82, 2.24) is 25.1 Å². The van der Waals surface area contributed by atoms with E-state index < -0.39 is 0 Å². The lowest BCUT2D eigenvalue weighted by Gasteiger charge is -2.20. The summed E-state index contributed by atoms with van der Waals surface area (Å²) in [5.74, 6) is 1.36. The van der Waals surface area contributed by atoms with Crippen LogP contribution < -0.4 is 5.32 Å². The zero-order chi connectivity index (χ0) is 14.9. The standard InChI is InChI=1S/C17H19N5/c1-12-4-6-13(7-5-12)15-8-9-16-19-20-17(22(16)21-15)14-3-2-10-18-11-14/h4-9,14,18H,2-3,10-11H2,1H3. The maximum atomic E-state index is 4.77. The minimum absolute atomic E-state index is 0.393. The molecule has 0 radical (unpaired) electrons. The van der Waals surface area contributed by atoms with Gasteiger partial charge < -0.3 is 5.32 Å². The Balaban J connectivity index is 1.77. The second-order valence-corrected chi connectivity index (χ2v) is 5.96. The summed E-state index contributed by atoms with van der Waals surface area (Å²) in [6, 6.07) is 12.4. The molecule has 3 aromatic rings. The van der Waals surface area contributed by atoms with Crippen molar-refractivity contribution in [2.24, 2.45) is 0 Å². The Kier molecular flexibility index (Phi) is 3.35. The third-order valence-electron chi connectivity index (χ3n) is 4.30. The van der Waals surface area contributed by atoms with E-state index in [1.165, 1.54) is 12.0 Å². The van der Waals surface area contributed by atoms with Crippen molar-refractivity contribution in [3.05, 3.63) is 47.8 Å². The number of hydrogen-bond acceptors (Lipinski definition) is 4. The largest absolute Gasteiger partial charge is 0.316 e. The molecular formula is C17H19N5. The fourth-order valence-electron chi connectivity index (χ4n) is 3.01. The average Bonchev–Trinajstić information content (AvgIpc) is 2.99. The molecule has 2 aromatic heterocycles. The van der Waals surface area contributed by atoms with Crippen molar-refractivity contribution in [1.29, 1.82) is 0 Å². The number of rotatable bonds is 2. The zero-order valence-electron chi connectivity index (χ0n) is 12.7. The summed E-state index contributed by atoms with van der Waals surface area (Å²) in [4.78, 5) is 0. The molecular weight excluding hydrogens is 274 g/mol. The number of benzene rings is 1. The SMILES string of the molecule is Cc1ccc(-c2ccc3nnc(C4CCCNC4)n3n2)cc1. The van der Waals surface area contributed by atoms with Crippen molar-refractivity contribution in [2.75, 3.05) is 13.1 Å². The number of aromatic nitrogens is 4. The molecule has 3 heterocycles. The number of piperidine rings is 1. The first kappa shape index (κ1) is 13.4. The van der Waals surface area contributed by atoms with E-state index in [0.717, 1.165) is 42.2 Å². The predicted octanol–water partition coefficient (Wildman–Crippen LogP) is 2.57. The summed E-state index contributed by atoms with van der Waals surface area (Å²) in [7, 11) is 0. The van der Waals surface area contributed by atoms with Gasteiger partial charge in [-0.15, -0.1) is 10.2 Å². The van der Waals surface area contributed by atoms with Crippen molar-refractivity contribution in [3.63, 3.8) is 0 Å². The molecule has 1 atom stereocenters. The zero-order valence-corrected chi connectivity index (χ0v) is 12.7. The Labute approximate surface area is 129 Å². The van der Waals surface area contributed by atoms with E-state index in [0.29, 0.717) is 5.92 Å². The molecule has 1 aliphatic heterocycles. The summed E-state index contributed by atoms with van der Waals surface area (Å²) in [5.41, 5.74) is 4.14. The van der Waals surface area contributed by atoms with Crippen LogP contribution in [0.2, 0.25) is 0 Å². The van der Waals surface area contributed by atoms with Gasteiger partial charge in [0, 0.05) is 18.0 Å². The first-order chi connectivity index (χ1) is 10.8. The van der Waals surface area contributed by atoms with Gasteiger partial charge in [0.2, 0.25) is 0 Å².